The molecular weight excluding hydrogens is 384 g/mol. The molecule has 3 amide bonds. The Bertz CT molecular complexity index is 896. The van der Waals surface area contributed by atoms with Crippen LogP contribution in [0.15, 0.2) is 24.3 Å². The van der Waals surface area contributed by atoms with Gasteiger partial charge in [-0.25, -0.2) is 9.69 Å². The summed E-state index contributed by atoms with van der Waals surface area (Å²) in [7, 11) is 0. The van der Waals surface area contributed by atoms with Crippen LogP contribution in [0.3, 0.4) is 0 Å². The number of esters is 1. The summed E-state index contributed by atoms with van der Waals surface area (Å²) in [5.74, 6) is -2.00. The van der Waals surface area contributed by atoms with Gasteiger partial charge in [0.25, 0.3) is 11.8 Å². The number of benzene rings is 1. The smallest absolute Gasteiger partial charge is 0.416 e. The monoisotopic (exact) mass is 396 g/mol. The first-order chi connectivity index (χ1) is 12.5. The van der Waals surface area contributed by atoms with Gasteiger partial charge in [0.15, 0.2) is 6.61 Å². The Morgan fingerprint density at radius 2 is 2.08 bits per heavy atom. The maximum absolute atomic E-state index is 12.2. The minimum atomic E-state index is -0.809. The second-order valence-corrected chi connectivity index (χ2v) is 6.67. The van der Waals surface area contributed by atoms with Crippen molar-refractivity contribution in [2.45, 2.75) is 0 Å². The van der Waals surface area contributed by atoms with E-state index in [0.29, 0.717) is 5.02 Å². The third-order valence-electron chi connectivity index (χ3n) is 3.55. The number of hydrogen-bond donors (Lipinski definition) is 1. The topological polar surface area (TPSA) is 102 Å². The van der Waals surface area contributed by atoms with Gasteiger partial charge in [0, 0.05) is 10.1 Å². The fourth-order valence-electron chi connectivity index (χ4n) is 2.28. The third kappa shape index (κ3) is 3.78. The number of nitrogens with zero attached hydrogens (tertiary/aromatic N) is 1. The Balaban J connectivity index is 1.50. The van der Waals surface area contributed by atoms with Crippen molar-refractivity contribution in [2.24, 2.45) is 0 Å². The van der Waals surface area contributed by atoms with Crippen molar-refractivity contribution in [3.05, 3.63) is 34.2 Å². The number of rotatable bonds is 5. The molecule has 0 unspecified atom stereocenters. The van der Waals surface area contributed by atoms with Crippen LogP contribution >= 0.6 is 22.9 Å². The van der Waals surface area contributed by atoms with Crippen LogP contribution in [0.5, 0.6) is 0 Å². The molecule has 1 N–H and O–H groups in total. The molecule has 1 aliphatic heterocycles. The largest absolute Gasteiger partial charge is 0.454 e. The molecule has 26 heavy (non-hydrogen) atoms. The number of hydrogen-bond acceptors (Lipinski definition) is 7. The molecule has 1 aromatic carbocycles. The molecule has 0 spiro atoms. The summed E-state index contributed by atoms with van der Waals surface area (Å²) >= 11 is 7.41. The molecule has 0 bridgehead atoms. The SMILES string of the molecule is O=C(CNC(=O)c1sc2ccccc2c1Cl)OCC(=O)N1CCOC1=O. The number of fused-ring (bicyclic) bond motifs is 1. The molecule has 1 aliphatic rings. The van der Waals surface area contributed by atoms with Crippen molar-refractivity contribution in [3.63, 3.8) is 0 Å². The highest BCUT2D eigenvalue weighted by atomic mass is 35.5. The van der Waals surface area contributed by atoms with E-state index in [0.717, 1.165) is 15.0 Å². The summed E-state index contributed by atoms with van der Waals surface area (Å²) in [5, 5.41) is 3.48. The molecule has 2 aromatic rings. The van der Waals surface area contributed by atoms with Crippen molar-refractivity contribution in [1.29, 1.82) is 0 Å². The lowest BCUT2D eigenvalue weighted by molar-refractivity contribution is -0.149. The van der Waals surface area contributed by atoms with Crippen molar-refractivity contribution >= 4 is 56.9 Å². The highest BCUT2D eigenvalue weighted by Gasteiger charge is 2.29. The van der Waals surface area contributed by atoms with E-state index in [1.165, 1.54) is 11.3 Å². The number of cyclic esters (lactones) is 1. The number of imide groups is 1. The molecule has 2 heterocycles. The Morgan fingerprint density at radius 1 is 1.31 bits per heavy atom. The van der Waals surface area contributed by atoms with Crippen LogP contribution in [0.25, 0.3) is 10.1 Å². The van der Waals surface area contributed by atoms with Gasteiger partial charge in [-0.1, -0.05) is 29.8 Å². The van der Waals surface area contributed by atoms with E-state index in [9.17, 15) is 19.2 Å². The molecule has 0 aliphatic carbocycles. The van der Waals surface area contributed by atoms with Gasteiger partial charge in [-0.3, -0.25) is 14.4 Å². The Kier molecular flexibility index (Phi) is 5.38. The Hall–Kier alpha value is -2.65. The summed E-state index contributed by atoms with van der Waals surface area (Å²) in [6, 6.07) is 7.29. The minimum Gasteiger partial charge on any atom is -0.454 e. The Labute approximate surface area is 156 Å². The summed E-state index contributed by atoms with van der Waals surface area (Å²) in [4.78, 5) is 47.9. The van der Waals surface area contributed by atoms with E-state index in [1.54, 1.807) is 6.07 Å². The van der Waals surface area contributed by atoms with E-state index in [1.807, 2.05) is 18.2 Å². The average molecular weight is 397 g/mol. The molecule has 1 saturated heterocycles. The highest BCUT2D eigenvalue weighted by molar-refractivity contribution is 7.21. The maximum Gasteiger partial charge on any atom is 0.416 e. The molecule has 1 aromatic heterocycles. The predicted molar refractivity (Wildman–Crippen MR) is 93.2 cm³/mol. The van der Waals surface area contributed by atoms with E-state index in [4.69, 9.17) is 16.3 Å². The molecule has 8 nitrogen and oxygen atoms in total. The number of nitrogens with one attached hydrogen (secondary N) is 1. The normalized spacial score (nSPS) is 13.6. The highest BCUT2D eigenvalue weighted by Crippen LogP contribution is 2.34. The van der Waals surface area contributed by atoms with Gasteiger partial charge < -0.3 is 14.8 Å². The van der Waals surface area contributed by atoms with Gasteiger partial charge in [0.2, 0.25) is 0 Å². The van der Waals surface area contributed by atoms with Crippen LogP contribution in [0.1, 0.15) is 9.67 Å². The van der Waals surface area contributed by atoms with Gasteiger partial charge in [-0.05, 0) is 6.07 Å². The number of amides is 3. The minimum absolute atomic E-state index is 0.116. The van der Waals surface area contributed by atoms with Gasteiger partial charge in [-0.15, -0.1) is 11.3 Å². The molecule has 1 fully saturated rings. The van der Waals surface area contributed by atoms with Gasteiger partial charge in [-0.2, -0.15) is 0 Å². The number of carbonyl (C=O) groups is 4. The first-order valence-electron chi connectivity index (χ1n) is 7.55. The number of thiophene rings is 1. The standard InChI is InChI=1S/C16H13ClN2O6S/c17-13-9-3-1-2-4-10(9)26-14(13)15(22)18-7-12(21)25-8-11(20)19-5-6-24-16(19)23/h1-4H,5-8H2,(H,18,22). The van der Waals surface area contributed by atoms with Crippen molar-refractivity contribution in [1.82, 2.24) is 10.2 Å². The summed E-state index contributed by atoms with van der Waals surface area (Å²) in [5.41, 5.74) is 0. The average Bonchev–Trinajstić information content (AvgIpc) is 3.21. The first-order valence-corrected chi connectivity index (χ1v) is 8.75. The number of ether oxygens (including phenoxy) is 2. The maximum atomic E-state index is 12.2. The van der Waals surface area contributed by atoms with E-state index in [2.05, 4.69) is 10.1 Å². The summed E-state index contributed by atoms with van der Waals surface area (Å²) in [6.07, 6.45) is -0.765. The van der Waals surface area contributed by atoms with Crippen LogP contribution in [-0.4, -0.2) is 55.1 Å². The molecule has 0 atom stereocenters. The van der Waals surface area contributed by atoms with Crippen molar-refractivity contribution in [3.8, 4) is 0 Å². The fraction of sp³-hybridized carbons (Fsp3) is 0.250. The predicted octanol–water partition coefficient (Wildman–Crippen LogP) is 1.81. The first kappa shape index (κ1) is 18.2. The summed E-state index contributed by atoms with van der Waals surface area (Å²) < 4.78 is 10.2. The van der Waals surface area contributed by atoms with Crippen molar-refractivity contribution < 1.29 is 28.7 Å². The fourth-order valence-corrected chi connectivity index (χ4v) is 3.72. The zero-order chi connectivity index (χ0) is 18.7. The summed E-state index contributed by atoms with van der Waals surface area (Å²) in [6.45, 7) is -0.796. The van der Waals surface area contributed by atoms with E-state index >= 15 is 0 Å². The zero-order valence-electron chi connectivity index (χ0n) is 13.3. The quantitative estimate of drug-likeness (QED) is 0.773. The molecule has 3 rings (SSSR count). The molecular formula is C16H13ClN2O6S. The van der Waals surface area contributed by atoms with Crippen LogP contribution < -0.4 is 5.32 Å². The van der Waals surface area contributed by atoms with Gasteiger partial charge in [0.1, 0.15) is 18.0 Å². The van der Waals surface area contributed by atoms with Crippen LogP contribution in [0.4, 0.5) is 4.79 Å². The zero-order valence-corrected chi connectivity index (χ0v) is 14.9. The third-order valence-corrected chi connectivity index (χ3v) is 5.23. The van der Waals surface area contributed by atoms with Crippen LogP contribution in [0.2, 0.25) is 5.02 Å². The van der Waals surface area contributed by atoms with Crippen LogP contribution in [-0.2, 0) is 19.1 Å². The second kappa shape index (κ2) is 7.71. The van der Waals surface area contributed by atoms with Crippen molar-refractivity contribution in [2.75, 3.05) is 26.3 Å². The van der Waals surface area contributed by atoms with Gasteiger partial charge >= 0.3 is 12.1 Å². The molecule has 136 valence electrons. The van der Waals surface area contributed by atoms with Crippen LogP contribution in [0, 0.1) is 0 Å². The van der Waals surface area contributed by atoms with E-state index < -0.39 is 37.0 Å². The number of halogens is 1. The Morgan fingerprint density at radius 3 is 2.77 bits per heavy atom. The lowest BCUT2D eigenvalue weighted by Gasteiger charge is -2.11. The lowest BCUT2D eigenvalue weighted by atomic mass is 10.2. The second-order valence-electron chi connectivity index (χ2n) is 5.24. The van der Waals surface area contributed by atoms with E-state index in [-0.39, 0.29) is 18.0 Å². The van der Waals surface area contributed by atoms with Gasteiger partial charge in [0.05, 0.1) is 11.6 Å². The lowest BCUT2D eigenvalue weighted by Crippen LogP contribution is -2.37. The molecule has 0 radical (unpaired) electrons. The number of carbonyl (C=O) groups excluding carboxylic acids is 4. The molecule has 0 saturated carbocycles. The molecule has 10 heteroatoms.